The minimum Gasteiger partial charge on any atom is -0.484 e. The Balaban J connectivity index is 2.11. The highest BCUT2D eigenvalue weighted by Gasteiger charge is 2.07. The molecule has 0 bridgehead atoms. The van der Waals surface area contributed by atoms with Gasteiger partial charge in [-0.1, -0.05) is 24.3 Å². The molecule has 5 heteroatoms. The van der Waals surface area contributed by atoms with Crippen LogP contribution in [0.25, 0.3) is 10.8 Å². The number of fused-ring (bicyclic) bond motifs is 1. The molecule has 0 aliphatic heterocycles. The number of rotatable bonds is 6. The van der Waals surface area contributed by atoms with Gasteiger partial charge >= 0.3 is 0 Å². The van der Waals surface area contributed by atoms with Crippen LogP contribution >= 0.6 is 0 Å². The number of hydrogen-bond acceptors (Lipinski definition) is 3. The van der Waals surface area contributed by atoms with Gasteiger partial charge in [0, 0.05) is 27.6 Å². The maximum absolute atomic E-state index is 11.6. The van der Waals surface area contributed by atoms with Crippen molar-refractivity contribution in [3.8, 4) is 5.75 Å². The molecule has 0 aliphatic carbocycles. The van der Waals surface area contributed by atoms with Crippen molar-refractivity contribution >= 4 is 22.6 Å². The average molecular weight is 314 g/mol. The second-order valence-electron chi connectivity index (χ2n) is 5.61. The molecule has 0 saturated heterocycles. The molecule has 2 aromatic rings. The van der Waals surface area contributed by atoms with E-state index in [2.05, 4.69) is 11.4 Å². The summed E-state index contributed by atoms with van der Waals surface area (Å²) < 4.78 is 5.54. The van der Waals surface area contributed by atoms with E-state index in [9.17, 15) is 9.59 Å². The van der Waals surface area contributed by atoms with Crippen LogP contribution in [0.3, 0.4) is 0 Å². The van der Waals surface area contributed by atoms with E-state index in [0.717, 1.165) is 17.2 Å². The topological polar surface area (TPSA) is 58.6 Å². The zero-order chi connectivity index (χ0) is 16.8. The summed E-state index contributed by atoms with van der Waals surface area (Å²) in [6.45, 7) is 2.16. The predicted octanol–water partition coefficient (Wildman–Crippen LogP) is 1.99. The first-order chi connectivity index (χ1) is 11.0. The van der Waals surface area contributed by atoms with Crippen molar-refractivity contribution < 1.29 is 14.3 Å². The van der Waals surface area contributed by atoms with Gasteiger partial charge in [-0.05, 0) is 34.9 Å². The number of carbonyl (C=O) groups excluding carboxylic acids is 2. The molecule has 0 radical (unpaired) electrons. The molecule has 1 N–H and O–H groups in total. The number of amides is 2. The van der Waals surface area contributed by atoms with Gasteiger partial charge in [0.25, 0.3) is 5.91 Å². The number of carbonyl (C=O) groups is 2. The lowest BCUT2D eigenvalue weighted by Crippen LogP contribution is -2.27. The fourth-order valence-electron chi connectivity index (χ4n) is 2.28. The molecule has 23 heavy (non-hydrogen) atoms. The second-order valence-corrected chi connectivity index (χ2v) is 5.61. The first kappa shape index (κ1) is 16.8. The third-order valence-corrected chi connectivity index (χ3v) is 3.57. The van der Waals surface area contributed by atoms with Crippen molar-refractivity contribution in [3.05, 3.63) is 42.0 Å². The van der Waals surface area contributed by atoms with Crippen molar-refractivity contribution in [1.29, 1.82) is 0 Å². The molecule has 0 fully saturated rings. The lowest BCUT2D eigenvalue weighted by Gasteiger charge is -2.12. The quantitative estimate of drug-likeness (QED) is 0.887. The Labute approximate surface area is 136 Å². The molecule has 2 rings (SSSR count). The lowest BCUT2D eigenvalue weighted by molar-refractivity contribution is -0.130. The number of ether oxygens (including phenoxy) is 1. The molecule has 0 spiro atoms. The maximum Gasteiger partial charge on any atom is 0.259 e. The van der Waals surface area contributed by atoms with Crippen molar-refractivity contribution in [2.45, 2.75) is 13.3 Å². The average Bonchev–Trinajstić information content (AvgIpc) is 2.52. The van der Waals surface area contributed by atoms with Crippen molar-refractivity contribution in [2.75, 3.05) is 27.2 Å². The van der Waals surface area contributed by atoms with E-state index in [1.165, 1.54) is 17.4 Å². The van der Waals surface area contributed by atoms with Crippen LogP contribution in [0.15, 0.2) is 36.4 Å². The van der Waals surface area contributed by atoms with E-state index in [1.54, 1.807) is 14.1 Å². The van der Waals surface area contributed by atoms with E-state index in [4.69, 9.17) is 4.74 Å². The third kappa shape index (κ3) is 4.71. The minimum absolute atomic E-state index is 0.0218. The molecule has 0 heterocycles. The zero-order valence-corrected chi connectivity index (χ0v) is 13.8. The van der Waals surface area contributed by atoms with Gasteiger partial charge in [0.2, 0.25) is 5.91 Å². The Morgan fingerprint density at radius 2 is 1.96 bits per heavy atom. The van der Waals surface area contributed by atoms with Crippen molar-refractivity contribution in [2.24, 2.45) is 0 Å². The Morgan fingerprint density at radius 1 is 1.17 bits per heavy atom. The highest BCUT2D eigenvalue weighted by molar-refractivity contribution is 5.87. The molecule has 0 saturated carbocycles. The van der Waals surface area contributed by atoms with Crippen LogP contribution in [0.5, 0.6) is 5.75 Å². The minimum atomic E-state index is -0.0749. The van der Waals surface area contributed by atoms with Crippen molar-refractivity contribution in [3.63, 3.8) is 0 Å². The number of benzene rings is 2. The molecule has 0 aliphatic rings. The third-order valence-electron chi connectivity index (χ3n) is 3.57. The predicted molar refractivity (Wildman–Crippen MR) is 90.5 cm³/mol. The van der Waals surface area contributed by atoms with Gasteiger partial charge in [-0.25, -0.2) is 0 Å². The summed E-state index contributed by atoms with van der Waals surface area (Å²) in [6, 6.07) is 11.8. The summed E-state index contributed by atoms with van der Waals surface area (Å²) >= 11 is 0. The highest BCUT2D eigenvalue weighted by Crippen LogP contribution is 2.24. The van der Waals surface area contributed by atoms with Crippen LogP contribution in [-0.2, 0) is 16.0 Å². The van der Waals surface area contributed by atoms with Gasteiger partial charge in [0.1, 0.15) is 5.75 Å². The molecule has 5 nitrogen and oxygen atoms in total. The van der Waals surface area contributed by atoms with Crippen molar-refractivity contribution in [1.82, 2.24) is 10.2 Å². The van der Waals surface area contributed by atoms with Crippen LogP contribution in [0.2, 0.25) is 0 Å². The van der Waals surface area contributed by atoms with Crippen LogP contribution < -0.4 is 10.1 Å². The summed E-state index contributed by atoms with van der Waals surface area (Å²) in [7, 11) is 3.40. The summed E-state index contributed by atoms with van der Waals surface area (Å²) in [5, 5.41) is 4.99. The smallest absolute Gasteiger partial charge is 0.259 e. The molecule has 2 amide bonds. The first-order valence-electron chi connectivity index (χ1n) is 7.56. The van der Waals surface area contributed by atoms with E-state index < -0.39 is 0 Å². The molecule has 2 aromatic carbocycles. The molecule has 0 unspecified atom stereocenters. The first-order valence-corrected chi connectivity index (χ1v) is 7.56. The SMILES string of the molecule is CC(=O)NCCc1cccc2cc(OCC(=O)N(C)C)ccc12. The van der Waals surface area contributed by atoms with Crippen LogP contribution in [-0.4, -0.2) is 44.0 Å². The van der Waals surface area contributed by atoms with E-state index in [-0.39, 0.29) is 18.4 Å². The molecule has 0 atom stereocenters. The van der Waals surface area contributed by atoms with E-state index >= 15 is 0 Å². The second kappa shape index (κ2) is 7.63. The lowest BCUT2D eigenvalue weighted by atomic mass is 10.0. The van der Waals surface area contributed by atoms with Gasteiger partial charge in [-0.15, -0.1) is 0 Å². The summed E-state index contributed by atoms with van der Waals surface area (Å²) in [5.41, 5.74) is 1.17. The molecular formula is C18H22N2O3. The monoisotopic (exact) mass is 314 g/mol. The van der Waals surface area contributed by atoms with Gasteiger partial charge < -0.3 is 15.0 Å². The molecule has 0 aromatic heterocycles. The van der Waals surface area contributed by atoms with Gasteiger partial charge in [-0.2, -0.15) is 0 Å². The summed E-state index contributed by atoms with van der Waals surface area (Å²) in [5.74, 6) is 0.576. The number of hydrogen-bond donors (Lipinski definition) is 1. The Kier molecular flexibility index (Phi) is 5.57. The van der Waals surface area contributed by atoms with Gasteiger partial charge in [0.05, 0.1) is 0 Å². The number of nitrogens with zero attached hydrogens (tertiary/aromatic N) is 1. The fraction of sp³-hybridized carbons (Fsp3) is 0.333. The number of likely N-dealkylation sites (N-methyl/N-ethyl adjacent to an activating group) is 1. The molecular weight excluding hydrogens is 292 g/mol. The summed E-state index contributed by atoms with van der Waals surface area (Å²) in [4.78, 5) is 24.0. The fourth-order valence-corrected chi connectivity index (χ4v) is 2.28. The standard InChI is InChI=1S/C18H22N2O3/c1-13(21)19-10-9-14-5-4-6-15-11-16(7-8-17(14)15)23-12-18(22)20(2)3/h4-8,11H,9-10,12H2,1-3H3,(H,19,21). The van der Waals surface area contributed by atoms with Crippen LogP contribution in [0.1, 0.15) is 12.5 Å². The number of nitrogens with one attached hydrogen (secondary N) is 1. The van der Waals surface area contributed by atoms with Gasteiger partial charge in [-0.3, -0.25) is 9.59 Å². The maximum atomic E-state index is 11.6. The largest absolute Gasteiger partial charge is 0.484 e. The zero-order valence-electron chi connectivity index (χ0n) is 13.8. The highest BCUT2D eigenvalue weighted by atomic mass is 16.5. The Bertz CT molecular complexity index is 710. The van der Waals surface area contributed by atoms with E-state index in [1.807, 2.05) is 30.3 Å². The van der Waals surface area contributed by atoms with E-state index in [0.29, 0.717) is 12.3 Å². The van der Waals surface area contributed by atoms with Crippen LogP contribution in [0, 0.1) is 0 Å². The van der Waals surface area contributed by atoms with Gasteiger partial charge in [0.15, 0.2) is 6.61 Å². The Morgan fingerprint density at radius 3 is 2.65 bits per heavy atom. The molecule has 122 valence electrons. The normalized spacial score (nSPS) is 10.4. The van der Waals surface area contributed by atoms with Crippen LogP contribution in [0.4, 0.5) is 0 Å². The Hall–Kier alpha value is -2.56. The summed E-state index contributed by atoms with van der Waals surface area (Å²) in [6.07, 6.45) is 0.774.